The summed E-state index contributed by atoms with van der Waals surface area (Å²) in [5.74, 6) is 0.189. The fraction of sp³-hybridized carbons (Fsp3) is 0.417. The highest BCUT2D eigenvalue weighted by atomic mass is 32.1. The summed E-state index contributed by atoms with van der Waals surface area (Å²) in [5, 5.41) is 7.20. The zero-order chi connectivity index (χ0) is 20.9. The third-order valence-electron chi connectivity index (χ3n) is 5.95. The molecule has 2 aromatic rings. The predicted molar refractivity (Wildman–Crippen MR) is 128 cm³/mol. The van der Waals surface area contributed by atoms with Crippen molar-refractivity contribution in [2.75, 3.05) is 34.8 Å². The number of nitrogens with zero attached hydrogens (tertiary/aromatic N) is 2. The average Bonchev–Trinajstić information content (AvgIpc) is 3.20. The number of benzene rings is 2. The lowest BCUT2D eigenvalue weighted by atomic mass is 10.1. The SMILES string of the molecule is C[C@H](NC(=S)Nc1cccc(N2CCCC2=O)c1)c1ccc(N2CCCCC2)cc1. The highest BCUT2D eigenvalue weighted by molar-refractivity contribution is 7.80. The van der Waals surface area contributed by atoms with Crippen molar-refractivity contribution in [2.24, 2.45) is 0 Å². The fourth-order valence-corrected chi connectivity index (χ4v) is 4.54. The Hall–Kier alpha value is -2.60. The molecule has 0 bridgehead atoms. The van der Waals surface area contributed by atoms with Crippen LogP contribution in [0.2, 0.25) is 0 Å². The van der Waals surface area contributed by atoms with E-state index in [-0.39, 0.29) is 11.9 Å². The molecule has 2 aromatic carbocycles. The second-order valence-corrected chi connectivity index (χ2v) is 8.57. The highest BCUT2D eigenvalue weighted by Crippen LogP contribution is 2.25. The molecule has 30 heavy (non-hydrogen) atoms. The van der Waals surface area contributed by atoms with Crippen molar-refractivity contribution in [3.8, 4) is 0 Å². The summed E-state index contributed by atoms with van der Waals surface area (Å²) in [6, 6.07) is 16.8. The second kappa shape index (κ2) is 9.47. The summed E-state index contributed by atoms with van der Waals surface area (Å²) in [6.07, 6.45) is 5.47. The van der Waals surface area contributed by atoms with E-state index in [0.717, 1.165) is 37.4 Å². The van der Waals surface area contributed by atoms with Crippen LogP contribution in [0.15, 0.2) is 48.5 Å². The lowest BCUT2D eigenvalue weighted by Gasteiger charge is -2.29. The molecule has 158 valence electrons. The van der Waals surface area contributed by atoms with Gasteiger partial charge in [-0.3, -0.25) is 4.79 Å². The first-order chi connectivity index (χ1) is 14.6. The van der Waals surface area contributed by atoms with Crippen LogP contribution in [0.5, 0.6) is 0 Å². The van der Waals surface area contributed by atoms with E-state index in [2.05, 4.69) is 46.7 Å². The molecule has 0 saturated carbocycles. The molecule has 1 amide bonds. The van der Waals surface area contributed by atoms with Crippen LogP contribution in [0.3, 0.4) is 0 Å². The number of amides is 1. The first kappa shape index (κ1) is 20.7. The van der Waals surface area contributed by atoms with Crippen LogP contribution in [0.25, 0.3) is 0 Å². The number of rotatable bonds is 5. The van der Waals surface area contributed by atoms with E-state index >= 15 is 0 Å². The van der Waals surface area contributed by atoms with E-state index < -0.39 is 0 Å². The van der Waals surface area contributed by atoms with Gasteiger partial charge in [-0.2, -0.15) is 0 Å². The highest BCUT2D eigenvalue weighted by Gasteiger charge is 2.21. The fourth-order valence-electron chi connectivity index (χ4n) is 4.25. The Balaban J connectivity index is 1.34. The minimum atomic E-state index is 0.101. The van der Waals surface area contributed by atoms with Crippen molar-refractivity contribution in [3.63, 3.8) is 0 Å². The largest absolute Gasteiger partial charge is 0.372 e. The van der Waals surface area contributed by atoms with E-state index in [0.29, 0.717) is 11.5 Å². The van der Waals surface area contributed by atoms with Gasteiger partial charge in [0.1, 0.15) is 0 Å². The molecule has 5 nitrogen and oxygen atoms in total. The van der Waals surface area contributed by atoms with Gasteiger partial charge < -0.3 is 20.4 Å². The number of carbonyl (C=O) groups is 1. The Morgan fingerprint density at radius 2 is 1.73 bits per heavy atom. The molecule has 2 aliphatic heterocycles. The van der Waals surface area contributed by atoms with E-state index in [1.807, 2.05) is 29.2 Å². The van der Waals surface area contributed by atoms with E-state index in [1.54, 1.807) is 0 Å². The van der Waals surface area contributed by atoms with Crippen molar-refractivity contribution in [1.82, 2.24) is 5.32 Å². The molecule has 0 radical (unpaired) electrons. The van der Waals surface area contributed by atoms with Gasteiger partial charge in [0, 0.05) is 43.1 Å². The van der Waals surface area contributed by atoms with Gasteiger partial charge in [-0.05, 0) is 80.7 Å². The molecule has 2 fully saturated rings. The summed E-state index contributed by atoms with van der Waals surface area (Å²) in [6.45, 7) is 5.21. The van der Waals surface area contributed by atoms with Gasteiger partial charge in [0.15, 0.2) is 5.11 Å². The van der Waals surface area contributed by atoms with E-state index in [4.69, 9.17) is 12.2 Å². The Bertz CT molecular complexity index is 892. The number of thiocarbonyl (C=S) groups is 1. The van der Waals surface area contributed by atoms with Gasteiger partial charge in [-0.15, -0.1) is 0 Å². The maximum Gasteiger partial charge on any atom is 0.227 e. The molecule has 0 unspecified atom stereocenters. The molecule has 6 heteroatoms. The van der Waals surface area contributed by atoms with Gasteiger partial charge >= 0.3 is 0 Å². The molecule has 0 aromatic heterocycles. The monoisotopic (exact) mass is 422 g/mol. The molecule has 2 heterocycles. The molecule has 2 N–H and O–H groups in total. The molecule has 4 rings (SSSR count). The Kier molecular flexibility index (Phi) is 6.53. The van der Waals surface area contributed by atoms with Crippen molar-refractivity contribution >= 4 is 40.3 Å². The summed E-state index contributed by atoms with van der Waals surface area (Å²) in [4.78, 5) is 16.3. The van der Waals surface area contributed by atoms with E-state index in [1.165, 1.54) is 30.5 Å². The minimum Gasteiger partial charge on any atom is -0.372 e. The van der Waals surface area contributed by atoms with Crippen LogP contribution >= 0.6 is 12.2 Å². The van der Waals surface area contributed by atoms with Crippen LogP contribution in [-0.4, -0.2) is 30.7 Å². The van der Waals surface area contributed by atoms with Crippen LogP contribution in [-0.2, 0) is 4.79 Å². The first-order valence-electron chi connectivity index (χ1n) is 10.9. The molecular formula is C24H30N4OS. The van der Waals surface area contributed by atoms with Gasteiger partial charge in [-0.25, -0.2) is 0 Å². The van der Waals surface area contributed by atoms with Gasteiger partial charge in [0.2, 0.25) is 5.91 Å². The predicted octanol–water partition coefficient (Wildman–Crippen LogP) is 4.85. The van der Waals surface area contributed by atoms with Gasteiger partial charge in [0.05, 0.1) is 6.04 Å². The number of nitrogens with one attached hydrogen (secondary N) is 2. The lowest BCUT2D eigenvalue weighted by molar-refractivity contribution is -0.117. The molecular weight excluding hydrogens is 392 g/mol. The van der Waals surface area contributed by atoms with Crippen LogP contribution < -0.4 is 20.4 Å². The zero-order valence-corrected chi connectivity index (χ0v) is 18.4. The minimum absolute atomic E-state index is 0.101. The Morgan fingerprint density at radius 3 is 2.43 bits per heavy atom. The molecule has 0 spiro atoms. The molecule has 0 aliphatic carbocycles. The summed E-state index contributed by atoms with van der Waals surface area (Å²) < 4.78 is 0. The standard InChI is InChI=1S/C24H30N4OS/c1-18(19-10-12-21(13-11-19)27-14-3-2-4-15-27)25-24(30)26-20-7-5-8-22(17-20)28-16-6-9-23(28)29/h5,7-8,10-13,17-18H,2-4,6,9,14-16H2,1H3,(H2,25,26,30)/t18-/m0/s1. The second-order valence-electron chi connectivity index (χ2n) is 8.16. The first-order valence-corrected chi connectivity index (χ1v) is 11.3. The summed E-state index contributed by atoms with van der Waals surface area (Å²) in [7, 11) is 0. The quantitative estimate of drug-likeness (QED) is 0.675. The number of hydrogen-bond acceptors (Lipinski definition) is 3. The summed E-state index contributed by atoms with van der Waals surface area (Å²) in [5.41, 5.74) is 4.32. The van der Waals surface area contributed by atoms with Gasteiger partial charge in [0.25, 0.3) is 0 Å². The van der Waals surface area contributed by atoms with Crippen LogP contribution in [0.4, 0.5) is 17.1 Å². The number of hydrogen-bond donors (Lipinski definition) is 2. The lowest BCUT2D eigenvalue weighted by Crippen LogP contribution is -2.31. The van der Waals surface area contributed by atoms with Crippen LogP contribution in [0, 0.1) is 0 Å². The Labute approximate surface area is 184 Å². The third kappa shape index (κ3) is 4.93. The molecule has 2 aliphatic rings. The molecule has 1 atom stereocenters. The number of carbonyl (C=O) groups excluding carboxylic acids is 1. The number of anilines is 3. The van der Waals surface area contributed by atoms with E-state index in [9.17, 15) is 4.79 Å². The smallest absolute Gasteiger partial charge is 0.227 e. The topological polar surface area (TPSA) is 47.6 Å². The Morgan fingerprint density at radius 1 is 0.967 bits per heavy atom. The van der Waals surface area contributed by atoms with Crippen molar-refractivity contribution < 1.29 is 4.79 Å². The van der Waals surface area contributed by atoms with Gasteiger partial charge in [-0.1, -0.05) is 18.2 Å². The molecule has 2 saturated heterocycles. The third-order valence-corrected chi connectivity index (χ3v) is 6.17. The van der Waals surface area contributed by atoms with Crippen molar-refractivity contribution in [2.45, 2.75) is 45.1 Å². The zero-order valence-electron chi connectivity index (χ0n) is 17.6. The summed E-state index contributed by atoms with van der Waals surface area (Å²) >= 11 is 5.53. The van der Waals surface area contributed by atoms with Crippen molar-refractivity contribution in [3.05, 3.63) is 54.1 Å². The normalized spacial score (nSPS) is 17.7. The van der Waals surface area contributed by atoms with Crippen molar-refractivity contribution in [1.29, 1.82) is 0 Å². The maximum absolute atomic E-state index is 12.0. The number of piperidine rings is 1. The average molecular weight is 423 g/mol. The maximum atomic E-state index is 12.0. The van der Waals surface area contributed by atoms with Crippen LogP contribution in [0.1, 0.15) is 50.6 Å².